The van der Waals surface area contributed by atoms with Crippen LogP contribution >= 0.6 is 11.3 Å². The predicted molar refractivity (Wildman–Crippen MR) is 103 cm³/mol. The minimum atomic E-state index is -0.927. The number of thiazole rings is 1. The van der Waals surface area contributed by atoms with Gasteiger partial charge in [0.25, 0.3) is 5.91 Å². The summed E-state index contributed by atoms with van der Waals surface area (Å²) >= 11 is 1.53. The highest BCUT2D eigenvalue weighted by Crippen LogP contribution is 2.21. The zero-order chi connectivity index (χ0) is 17.6. The van der Waals surface area contributed by atoms with Gasteiger partial charge >= 0.3 is 0 Å². The van der Waals surface area contributed by atoms with Gasteiger partial charge in [0.15, 0.2) is 0 Å². The van der Waals surface area contributed by atoms with Crippen molar-refractivity contribution in [2.24, 2.45) is 0 Å². The number of aromatic nitrogens is 1. The maximum absolute atomic E-state index is 12.3. The first-order valence-corrected chi connectivity index (χ1v) is 10.4. The molecule has 0 bridgehead atoms. The van der Waals surface area contributed by atoms with Crippen molar-refractivity contribution in [3.05, 3.63) is 76.1 Å². The van der Waals surface area contributed by atoms with Gasteiger partial charge in [-0.25, -0.2) is 4.98 Å². The number of hydrogen-bond donors (Lipinski definition) is 1. The number of benzene rings is 2. The van der Waals surface area contributed by atoms with E-state index in [-0.39, 0.29) is 5.91 Å². The van der Waals surface area contributed by atoms with E-state index in [4.69, 9.17) is 0 Å². The van der Waals surface area contributed by atoms with Crippen molar-refractivity contribution in [1.29, 1.82) is 0 Å². The van der Waals surface area contributed by atoms with Gasteiger partial charge in [-0.2, -0.15) is 0 Å². The molecule has 1 unspecified atom stereocenters. The molecule has 0 aliphatic carbocycles. The van der Waals surface area contributed by atoms with Gasteiger partial charge in [0.2, 0.25) is 0 Å². The molecule has 0 fully saturated rings. The number of hydrogen-bond acceptors (Lipinski definition) is 4. The Balaban J connectivity index is 1.63. The van der Waals surface area contributed by atoms with Crippen LogP contribution in [0, 0.1) is 0 Å². The van der Waals surface area contributed by atoms with Crippen LogP contribution in [-0.2, 0) is 23.1 Å². The summed E-state index contributed by atoms with van der Waals surface area (Å²) in [5.74, 6) is 0.300. The number of amides is 1. The summed E-state index contributed by atoms with van der Waals surface area (Å²) in [5, 5.41) is 5.75. The van der Waals surface area contributed by atoms with Crippen LogP contribution in [0.2, 0.25) is 0 Å². The van der Waals surface area contributed by atoms with Crippen molar-refractivity contribution in [2.75, 3.05) is 6.26 Å². The summed E-state index contributed by atoms with van der Waals surface area (Å²) in [4.78, 5) is 16.9. The Morgan fingerprint density at radius 3 is 2.72 bits per heavy atom. The van der Waals surface area contributed by atoms with Gasteiger partial charge in [0.05, 0.1) is 12.2 Å². The number of carbonyl (C=O) groups excluding carboxylic acids is 1. The molecule has 25 heavy (non-hydrogen) atoms. The van der Waals surface area contributed by atoms with Gasteiger partial charge in [-0.3, -0.25) is 9.00 Å². The molecule has 0 radical (unpaired) electrons. The Labute approximate surface area is 153 Å². The molecule has 128 valence electrons. The zero-order valence-electron chi connectivity index (χ0n) is 13.8. The molecule has 1 N–H and O–H groups in total. The Bertz CT molecular complexity index is 891. The normalized spacial score (nSPS) is 11.9. The van der Waals surface area contributed by atoms with E-state index in [0.29, 0.717) is 17.9 Å². The standard InChI is InChI=1S/C19H18N2O2S2/c1-25(23)13-14-6-5-9-16(10-14)19(22)20-11-18-21-17(12-24-18)15-7-3-2-4-8-15/h2-10,12H,11,13H2,1H3,(H,20,22). The Morgan fingerprint density at radius 1 is 1.16 bits per heavy atom. The molecule has 1 atom stereocenters. The van der Waals surface area contributed by atoms with Crippen molar-refractivity contribution < 1.29 is 9.00 Å². The van der Waals surface area contributed by atoms with Crippen molar-refractivity contribution in [2.45, 2.75) is 12.3 Å². The molecule has 2 aromatic carbocycles. The molecule has 0 spiro atoms. The molecule has 0 saturated heterocycles. The molecule has 3 rings (SSSR count). The molecule has 1 heterocycles. The number of nitrogens with one attached hydrogen (secondary N) is 1. The van der Waals surface area contributed by atoms with Crippen LogP contribution in [0.5, 0.6) is 0 Å². The molecule has 0 aliphatic heterocycles. The smallest absolute Gasteiger partial charge is 0.251 e. The van der Waals surface area contributed by atoms with Gasteiger partial charge in [0, 0.05) is 39.3 Å². The quantitative estimate of drug-likeness (QED) is 0.721. The highest BCUT2D eigenvalue weighted by molar-refractivity contribution is 7.83. The van der Waals surface area contributed by atoms with E-state index in [0.717, 1.165) is 21.8 Å². The van der Waals surface area contributed by atoms with E-state index < -0.39 is 10.8 Å². The largest absolute Gasteiger partial charge is 0.346 e. The monoisotopic (exact) mass is 370 g/mol. The minimum absolute atomic E-state index is 0.153. The van der Waals surface area contributed by atoms with Crippen LogP contribution in [0.25, 0.3) is 11.3 Å². The number of nitrogens with zero attached hydrogens (tertiary/aromatic N) is 1. The van der Waals surface area contributed by atoms with Gasteiger partial charge in [-0.05, 0) is 17.7 Å². The summed E-state index contributed by atoms with van der Waals surface area (Å²) in [7, 11) is -0.927. The van der Waals surface area contributed by atoms with Crippen molar-refractivity contribution in [1.82, 2.24) is 10.3 Å². The lowest BCUT2D eigenvalue weighted by Crippen LogP contribution is -2.22. The third-order valence-electron chi connectivity index (χ3n) is 3.58. The number of carbonyl (C=O) groups is 1. The molecule has 0 aliphatic rings. The van der Waals surface area contributed by atoms with Crippen LogP contribution < -0.4 is 5.32 Å². The Kier molecular flexibility index (Phi) is 5.73. The average molecular weight is 370 g/mol. The molecule has 1 amide bonds. The van der Waals surface area contributed by atoms with Crippen molar-refractivity contribution in [3.63, 3.8) is 0 Å². The second kappa shape index (κ2) is 8.18. The zero-order valence-corrected chi connectivity index (χ0v) is 15.4. The highest BCUT2D eigenvalue weighted by Gasteiger charge is 2.09. The van der Waals surface area contributed by atoms with E-state index in [1.165, 1.54) is 11.3 Å². The highest BCUT2D eigenvalue weighted by atomic mass is 32.2. The van der Waals surface area contributed by atoms with Crippen molar-refractivity contribution >= 4 is 28.0 Å². The van der Waals surface area contributed by atoms with Gasteiger partial charge in [-0.15, -0.1) is 11.3 Å². The average Bonchev–Trinajstić information content (AvgIpc) is 3.09. The van der Waals surface area contributed by atoms with Crippen LogP contribution in [-0.4, -0.2) is 21.4 Å². The summed E-state index contributed by atoms with van der Waals surface area (Å²) in [6, 6.07) is 17.2. The van der Waals surface area contributed by atoms with E-state index >= 15 is 0 Å². The maximum atomic E-state index is 12.3. The first-order valence-electron chi connectivity index (χ1n) is 7.79. The second-order valence-corrected chi connectivity index (χ2v) is 7.97. The fourth-order valence-electron chi connectivity index (χ4n) is 2.43. The predicted octanol–water partition coefficient (Wildman–Crippen LogP) is 3.62. The lowest BCUT2D eigenvalue weighted by Gasteiger charge is -2.05. The topological polar surface area (TPSA) is 59.1 Å². The first-order chi connectivity index (χ1) is 12.1. The maximum Gasteiger partial charge on any atom is 0.251 e. The molecule has 4 nitrogen and oxygen atoms in total. The summed E-state index contributed by atoms with van der Waals surface area (Å²) in [6.07, 6.45) is 1.65. The third-order valence-corrected chi connectivity index (χ3v) is 5.17. The molecular weight excluding hydrogens is 352 g/mol. The summed E-state index contributed by atoms with van der Waals surface area (Å²) < 4.78 is 11.3. The van der Waals surface area contributed by atoms with E-state index in [9.17, 15) is 9.00 Å². The molecule has 1 aromatic heterocycles. The lowest BCUT2D eigenvalue weighted by atomic mass is 10.1. The third kappa shape index (κ3) is 4.84. The van der Waals surface area contributed by atoms with Crippen LogP contribution in [0.4, 0.5) is 0 Å². The minimum Gasteiger partial charge on any atom is -0.346 e. The van der Waals surface area contributed by atoms with E-state index in [1.807, 2.05) is 47.8 Å². The lowest BCUT2D eigenvalue weighted by molar-refractivity contribution is 0.0951. The van der Waals surface area contributed by atoms with Gasteiger partial charge < -0.3 is 5.32 Å². The van der Waals surface area contributed by atoms with Crippen LogP contribution in [0.1, 0.15) is 20.9 Å². The Morgan fingerprint density at radius 2 is 1.96 bits per heavy atom. The van der Waals surface area contributed by atoms with Gasteiger partial charge in [-0.1, -0.05) is 42.5 Å². The summed E-state index contributed by atoms with van der Waals surface area (Å²) in [5.41, 5.74) is 3.45. The fraction of sp³-hybridized carbons (Fsp3) is 0.158. The Hall–Kier alpha value is -2.31. The first kappa shape index (κ1) is 17.5. The van der Waals surface area contributed by atoms with Crippen LogP contribution in [0.3, 0.4) is 0 Å². The number of rotatable bonds is 6. The fourth-order valence-corrected chi connectivity index (χ4v) is 3.82. The van der Waals surface area contributed by atoms with Gasteiger partial charge in [0.1, 0.15) is 5.01 Å². The molecule has 6 heteroatoms. The van der Waals surface area contributed by atoms with E-state index in [1.54, 1.807) is 18.4 Å². The molecular formula is C19H18N2O2S2. The molecule has 0 saturated carbocycles. The molecule has 3 aromatic rings. The van der Waals surface area contributed by atoms with Crippen LogP contribution in [0.15, 0.2) is 60.0 Å². The van der Waals surface area contributed by atoms with E-state index in [2.05, 4.69) is 10.3 Å². The summed E-state index contributed by atoms with van der Waals surface area (Å²) in [6.45, 7) is 0.389. The second-order valence-electron chi connectivity index (χ2n) is 5.59. The SMILES string of the molecule is CS(=O)Cc1cccc(C(=O)NCc2nc(-c3ccccc3)cs2)c1. The van der Waals surface area contributed by atoms with Crippen molar-refractivity contribution in [3.8, 4) is 11.3 Å².